The van der Waals surface area contributed by atoms with Crippen LogP contribution in [0.5, 0.6) is 0 Å². The first kappa shape index (κ1) is 13.0. The number of hydrogen-bond acceptors (Lipinski definition) is 2. The van der Waals surface area contributed by atoms with E-state index in [1.807, 2.05) is 0 Å². The van der Waals surface area contributed by atoms with Crippen LogP contribution >= 0.6 is 0 Å². The monoisotopic (exact) mass is 250 g/mol. The van der Waals surface area contributed by atoms with Crippen LogP contribution in [-0.4, -0.2) is 25.5 Å². The molecule has 0 saturated carbocycles. The van der Waals surface area contributed by atoms with Gasteiger partial charge in [0.15, 0.2) is 0 Å². The van der Waals surface area contributed by atoms with Crippen molar-refractivity contribution in [3.05, 3.63) is 35.6 Å². The van der Waals surface area contributed by atoms with E-state index in [9.17, 15) is 9.18 Å². The molecule has 1 aliphatic heterocycles. The van der Waals surface area contributed by atoms with Crippen LogP contribution in [0.4, 0.5) is 4.39 Å². The third-order valence-electron chi connectivity index (χ3n) is 3.60. The molecule has 3 nitrogen and oxygen atoms in total. The minimum absolute atomic E-state index is 0.202. The fourth-order valence-corrected chi connectivity index (χ4v) is 2.28. The number of carbonyl (C=O) groups is 1. The lowest BCUT2D eigenvalue weighted by Crippen LogP contribution is -2.42. The van der Waals surface area contributed by atoms with E-state index in [1.165, 1.54) is 12.1 Å². The topological polar surface area (TPSA) is 41.1 Å². The first-order valence-corrected chi connectivity index (χ1v) is 6.41. The van der Waals surface area contributed by atoms with E-state index < -0.39 is 0 Å². The van der Waals surface area contributed by atoms with Crippen molar-refractivity contribution in [1.82, 2.24) is 10.6 Å². The van der Waals surface area contributed by atoms with Gasteiger partial charge in [0.25, 0.3) is 5.91 Å². The van der Waals surface area contributed by atoms with Crippen LogP contribution in [0.1, 0.15) is 23.7 Å². The van der Waals surface area contributed by atoms with Crippen molar-refractivity contribution in [2.75, 3.05) is 19.6 Å². The minimum atomic E-state index is -0.379. The lowest BCUT2D eigenvalue weighted by atomic mass is 9.88. The summed E-state index contributed by atoms with van der Waals surface area (Å²) in [4.78, 5) is 11.8. The Labute approximate surface area is 107 Å². The molecule has 2 unspecified atom stereocenters. The molecule has 2 atom stereocenters. The van der Waals surface area contributed by atoms with Crippen molar-refractivity contribution in [3.63, 3.8) is 0 Å². The molecule has 0 radical (unpaired) electrons. The molecule has 18 heavy (non-hydrogen) atoms. The van der Waals surface area contributed by atoms with Gasteiger partial charge >= 0.3 is 0 Å². The summed E-state index contributed by atoms with van der Waals surface area (Å²) in [5.41, 5.74) is 0.381. The molecule has 1 saturated heterocycles. The Morgan fingerprint density at radius 3 is 3.11 bits per heavy atom. The smallest absolute Gasteiger partial charge is 0.251 e. The van der Waals surface area contributed by atoms with Crippen molar-refractivity contribution in [2.24, 2.45) is 11.8 Å². The highest BCUT2D eigenvalue weighted by Crippen LogP contribution is 2.17. The zero-order chi connectivity index (χ0) is 13.0. The summed E-state index contributed by atoms with van der Waals surface area (Å²) in [5, 5.41) is 6.21. The lowest BCUT2D eigenvalue weighted by molar-refractivity contribution is 0.0938. The summed E-state index contributed by atoms with van der Waals surface area (Å²) >= 11 is 0. The zero-order valence-electron chi connectivity index (χ0n) is 10.6. The molecule has 98 valence electrons. The second kappa shape index (κ2) is 5.96. The van der Waals surface area contributed by atoms with Crippen LogP contribution in [0.15, 0.2) is 24.3 Å². The quantitative estimate of drug-likeness (QED) is 0.859. The molecule has 1 aliphatic rings. The van der Waals surface area contributed by atoms with Crippen LogP contribution in [0.25, 0.3) is 0 Å². The van der Waals surface area contributed by atoms with Crippen molar-refractivity contribution in [1.29, 1.82) is 0 Å². The second-order valence-electron chi connectivity index (χ2n) is 4.95. The normalized spacial score (nSPS) is 23.7. The molecule has 4 heteroatoms. The summed E-state index contributed by atoms with van der Waals surface area (Å²) in [6.45, 7) is 4.84. The summed E-state index contributed by atoms with van der Waals surface area (Å²) in [6.07, 6.45) is 1.14. The molecule has 1 heterocycles. The Morgan fingerprint density at radius 1 is 1.56 bits per heavy atom. The van der Waals surface area contributed by atoms with E-state index in [1.54, 1.807) is 12.1 Å². The molecule has 0 aromatic heterocycles. The van der Waals surface area contributed by atoms with E-state index in [-0.39, 0.29) is 11.7 Å². The number of piperidine rings is 1. The van der Waals surface area contributed by atoms with Gasteiger partial charge in [0.1, 0.15) is 5.82 Å². The van der Waals surface area contributed by atoms with E-state index in [4.69, 9.17) is 0 Å². The van der Waals surface area contributed by atoms with E-state index in [0.29, 0.717) is 23.9 Å². The summed E-state index contributed by atoms with van der Waals surface area (Å²) < 4.78 is 13.0. The number of carbonyl (C=O) groups excluding carboxylic acids is 1. The molecule has 1 aromatic carbocycles. The number of amides is 1. The maximum atomic E-state index is 13.0. The van der Waals surface area contributed by atoms with Gasteiger partial charge in [-0.1, -0.05) is 13.0 Å². The van der Waals surface area contributed by atoms with Crippen LogP contribution in [-0.2, 0) is 0 Å². The van der Waals surface area contributed by atoms with Crippen LogP contribution < -0.4 is 10.6 Å². The van der Waals surface area contributed by atoms with Crippen molar-refractivity contribution < 1.29 is 9.18 Å². The first-order chi connectivity index (χ1) is 8.66. The van der Waals surface area contributed by atoms with Gasteiger partial charge in [-0.05, 0) is 49.5 Å². The van der Waals surface area contributed by atoms with Crippen LogP contribution in [0.2, 0.25) is 0 Å². The maximum absolute atomic E-state index is 13.0. The van der Waals surface area contributed by atoms with Gasteiger partial charge in [-0.25, -0.2) is 4.39 Å². The molecule has 2 N–H and O–H groups in total. The highest BCUT2D eigenvalue weighted by atomic mass is 19.1. The maximum Gasteiger partial charge on any atom is 0.251 e. The lowest BCUT2D eigenvalue weighted by Gasteiger charge is -2.29. The van der Waals surface area contributed by atoms with E-state index >= 15 is 0 Å². The minimum Gasteiger partial charge on any atom is -0.352 e. The highest BCUT2D eigenvalue weighted by molar-refractivity contribution is 5.94. The number of nitrogens with one attached hydrogen (secondary N) is 2. The van der Waals surface area contributed by atoms with Crippen LogP contribution in [0.3, 0.4) is 0 Å². The predicted molar refractivity (Wildman–Crippen MR) is 68.9 cm³/mol. The van der Waals surface area contributed by atoms with Gasteiger partial charge in [0.05, 0.1) is 0 Å². The van der Waals surface area contributed by atoms with Gasteiger partial charge in [-0.15, -0.1) is 0 Å². The Morgan fingerprint density at radius 2 is 2.39 bits per heavy atom. The predicted octanol–water partition coefficient (Wildman–Crippen LogP) is 1.80. The van der Waals surface area contributed by atoms with Crippen molar-refractivity contribution in [3.8, 4) is 0 Å². The Balaban J connectivity index is 1.88. The molecule has 0 aliphatic carbocycles. The van der Waals surface area contributed by atoms with Gasteiger partial charge in [0.2, 0.25) is 0 Å². The van der Waals surface area contributed by atoms with Crippen molar-refractivity contribution >= 4 is 5.91 Å². The fourth-order valence-electron chi connectivity index (χ4n) is 2.28. The number of benzene rings is 1. The molecule has 1 fully saturated rings. The van der Waals surface area contributed by atoms with Crippen LogP contribution in [0, 0.1) is 17.7 Å². The molecule has 0 spiro atoms. The molecular formula is C14H19FN2O. The summed E-state index contributed by atoms with van der Waals surface area (Å²) in [7, 11) is 0. The fraction of sp³-hybridized carbons (Fsp3) is 0.500. The third-order valence-corrected chi connectivity index (χ3v) is 3.60. The average molecular weight is 250 g/mol. The first-order valence-electron chi connectivity index (χ1n) is 6.41. The number of hydrogen-bond donors (Lipinski definition) is 2. The van der Waals surface area contributed by atoms with Gasteiger partial charge < -0.3 is 10.6 Å². The summed E-state index contributed by atoms with van der Waals surface area (Å²) in [5.74, 6) is 0.484. The average Bonchev–Trinajstić information content (AvgIpc) is 2.37. The Hall–Kier alpha value is -1.42. The highest BCUT2D eigenvalue weighted by Gasteiger charge is 2.21. The SMILES string of the molecule is CC1CCNCC1CNC(=O)c1cccc(F)c1. The zero-order valence-corrected chi connectivity index (χ0v) is 10.6. The van der Waals surface area contributed by atoms with Gasteiger partial charge in [0, 0.05) is 12.1 Å². The van der Waals surface area contributed by atoms with Gasteiger partial charge in [-0.2, -0.15) is 0 Å². The molecular weight excluding hydrogens is 231 g/mol. The summed E-state index contributed by atoms with van der Waals surface area (Å²) in [6, 6.07) is 5.78. The third kappa shape index (κ3) is 3.29. The Bertz CT molecular complexity index is 422. The number of halogens is 1. The standard InChI is InChI=1S/C14H19FN2O/c1-10-5-6-16-8-12(10)9-17-14(18)11-3-2-4-13(15)7-11/h2-4,7,10,12,16H,5-6,8-9H2,1H3,(H,17,18). The van der Waals surface area contributed by atoms with E-state index in [0.717, 1.165) is 19.5 Å². The molecule has 0 bridgehead atoms. The van der Waals surface area contributed by atoms with E-state index in [2.05, 4.69) is 17.6 Å². The largest absolute Gasteiger partial charge is 0.352 e. The van der Waals surface area contributed by atoms with Crippen molar-refractivity contribution in [2.45, 2.75) is 13.3 Å². The van der Waals surface area contributed by atoms with Gasteiger partial charge in [-0.3, -0.25) is 4.79 Å². The molecule has 1 aromatic rings. The Kier molecular flexibility index (Phi) is 4.31. The molecule has 1 amide bonds. The second-order valence-corrected chi connectivity index (χ2v) is 4.95. The number of rotatable bonds is 3. The molecule has 2 rings (SSSR count).